The number of rotatable bonds is 1. The van der Waals surface area contributed by atoms with Crippen molar-refractivity contribution in [1.82, 2.24) is 10.2 Å². The lowest BCUT2D eigenvalue weighted by molar-refractivity contribution is -0.192. The summed E-state index contributed by atoms with van der Waals surface area (Å²) in [4.78, 5) is 18.8. The molecule has 8 heteroatoms. The minimum absolute atomic E-state index is 0.556. The molecule has 0 bridgehead atoms. The second kappa shape index (κ2) is 5.68. The molecule has 0 saturated heterocycles. The summed E-state index contributed by atoms with van der Waals surface area (Å²) in [5, 5.41) is 14.1. The van der Waals surface area contributed by atoms with E-state index in [0.29, 0.717) is 5.56 Å². The SMILES string of the molecule is O=C(O)C(F)(F)F.O=Cc1ccnnc1. The smallest absolute Gasteiger partial charge is 0.475 e. The van der Waals surface area contributed by atoms with Crippen LogP contribution in [0, 0.1) is 0 Å². The molecule has 0 saturated carbocycles. The Morgan fingerprint density at radius 3 is 2.13 bits per heavy atom. The highest BCUT2D eigenvalue weighted by Crippen LogP contribution is 2.13. The maximum absolute atomic E-state index is 10.6. The highest BCUT2D eigenvalue weighted by atomic mass is 19.4. The Morgan fingerprint density at radius 2 is 1.93 bits per heavy atom. The van der Waals surface area contributed by atoms with Crippen molar-refractivity contribution in [2.24, 2.45) is 0 Å². The predicted octanol–water partition coefficient (Wildman–Crippen LogP) is 0.922. The molecule has 5 nitrogen and oxygen atoms in total. The minimum Gasteiger partial charge on any atom is -0.475 e. The Labute approximate surface area is 81.6 Å². The van der Waals surface area contributed by atoms with E-state index in [4.69, 9.17) is 9.90 Å². The summed E-state index contributed by atoms with van der Waals surface area (Å²) >= 11 is 0. The van der Waals surface area contributed by atoms with E-state index in [0.717, 1.165) is 6.29 Å². The normalized spacial score (nSPS) is 9.80. The second-order valence-electron chi connectivity index (χ2n) is 2.10. The van der Waals surface area contributed by atoms with Crippen molar-refractivity contribution < 1.29 is 27.9 Å². The van der Waals surface area contributed by atoms with Crippen molar-refractivity contribution in [3.8, 4) is 0 Å². The molecular formula is C7H5F3N2O3. The third-order valence-electron chi connectivity index (χ3n) is 0.986. The van der Waals surface area contributed by atoms with Crippen LogP contribution in [0.5, 0.6) is 0 Å². The number of carbonyl (C=O) groups is 2. The summed E-state index contributed by atoms with van der Waals surface area (Å²) in [6.45, 7) is 0. The van der Waals surface area contributed by atoms with Gasteiger partial charge in [-0.1, -0.05) is 0 Å². The molecule has 1 heterocycles. The standard InChI is InChI=1S/C5H4N2O.C2HF3O2/c8-4-5-1-2-6-7-3-5;3-2(4,5)1(6)7/h1-4H;(H,6,7). The molecule has 0 aliphatic carbocycles. The second-order valence-corrected chi connectivity index (χ2v) is 2.10. The first-order valence-electron chi connectivity index (χ1n) is 3.40. The highest BCUT2D eigenvalue weighted by molar-refractivity contribution is 5.73. The molecule has 1 N–H and O–H groups in total. The molecule has 0 amide bonds. The maximum atomic E-state index is 10.6. The van der Waals surface area contributed by atoms with Crippen molar-refractivity contribution in [3.63, 3.8) is 0 Å². The number of hydrogen-bond donors (Lipinski definition) is 1. The number of carboxylic acid groups (broad SMARTS) is 1. The molecule has 0 radical (unpaired) electrons. The van der Waals surface area contributed by atoms with Gasteiger partial charge in [-0.2, -0.15) is 23.4 Å². The predicted molar refractivity (Wildman–Crippen MR) is 41.1 cm³/mol. The van der Waals surface area contributed by atoms with Gasteiger partial charge in [-0.05, 0) is 6.07 Å². The van der Waals surface area contributed by atoms with E-state index in [-0.39, 0.29) is 0 Å². The van der Waals surface area contributed by atoms with Gasteiger partial charge >= 0.3 is 12.1 Å². The van der Waals surface area contributed by atoms with Gasteiger partial charge in [-0.3, -0.25) is 4.79 Å². The largest absolute Gasteiger partial charge is 0.490 e. The highest BCUT2D eigenvalue weighted by Gasteiger charge is 2.38. The fourth-order valence-corrected chi connectivity index (χ4v) is 0.371. The number of halogens is 3. The number of alkyl halides is 3. The number of aromatic nitrogens is 2. The third kappa shape index (κ3) is 6.13. The number of aldehydes is 1. The van der Waals surface area contributed by atoms with Crippen LogP contribution in [0.3, 0.4) is 0 Å². The Kier molecular flexibility index (Phi) is 4.93. The quantitative estimate of drug-likeness (QED) is 0.714. The minimum atomic E-state index is -5.08. The van der Waals surface area contributed by atoms with Gasteiger partial charge in [0, 0.05) is 5.56 Å². The van der Waals surface area contributed by atoms with Gasteiger partial charge in [0.2, 0.25) is 0 Å². The molecule has 1 rings (SSSR count). The van der Waals surface area contributed by atoms with Gasteiger partial charge in [-0.15, -0.1) is 0 Å². The van der Waals surface area contributed by atoms with Crippen LogP contribution in [0.25, 0.3) is 0 Å². The molecule has 15 heavy (non-hydrogen) atoms. The van der Waals surface area contributed by atoms with Crippen LogP contribution in [-0.2, 0) is 4.79 Å². The van der Waals surface area contributed by atoms with E-state index in [2.05, 4.69) is 10.2 Å². The summed E-state index contributed by atoms with van der Waals surface area (Å²) < 4.78 is 31.7. The zero-order chi connectivity index (χ0) is 11.9. The summed E-state index contributed by atoms with van der Waals surface area (Å²) in [6, 6.07) is 1.60. The first-order chi connectivity index (χ1) is 6.88. The topological polar surface area (TPSA) is 80.1 Å². The average Bonchev–Trinajstić information content (AvgIpc) is 2.18. The van der Waals surface area contributed by atoms with Crippen LogP contribution in [0.2, 0.25) is 0 Å². The lowest BCUT2D eigenvalue weighted by Gasteiger charge is -1.93. The number of nitrogens with zero attached hydrogens (tertiary/aromatic N) is 2. The van der Waals surface area contributed by atoms with Gasteiger partial charge in [-0.25, -0.2) is 4.79 Å². The lowest BCUT2D eigenvalue weighted by atomic mass is 10.4. The molecule has 0 aliphatic heterocycles. The number of aliphatic carboxylic acids is 1. The van der Waals surface area contributed by atoms with Crippen LogP contribution in [-0.4, -0.2) is 33.7 Å². The zero-order valence-electron chi connectivity index (χ0n) is 7.10. The van der Waals surface area contributed by atoms with E-state index in [9.17, 15) is 18.0 Å². The molecule has 0 aliphatic rings. The molecule has 0 spiro atoms. The number of carbonyl (C=O) groups excluding carboxylic acids is 1. The first kappa shape index (κ1) is 13.0. The molecule has 0 aromatic carbocycles. The van der Waals surface area contributed by atoms with E-state index in [1.165, 1.54) is 12.4 Å². The van der Waals surface area contributed by atoms with E-state index in [1.807, 2.05) is 0 Å². The van der Waals surface area contributed by atoms with Crippen molar-refractivity contribution in [2.75, 3.05) is 0 Å². The van der Waals surface area contributed by atoms with E-state index in [1.54, 1.807) is 6.07 Å². The molecule has 1 aromatic heterocycles. The van der Waals surface area contributed by atoms with Crippen molar-refractivity contribution in [1.29, 1.82) is 0 Å². The summed E-state index contributed by atoms with van der Waals surface area (Å²) in [5.74, 6) is -2.76. The van der Waals surface area contributed by atoms with E-state index < -0.39 is 12.1 Å². The van der Waals surface area contributed by atoms with Gasteiger partial charge in [0.15, 0.2) is 6.29 Å². The third-order valence-corrected chi connectivity index (χ3v) is 0.986. The van der Waals surface area contributed by atoms with Crippen molar-refractivity contribution >= 4 is 12.3 Å². The Hall–Kier alpha value is -1.99. The number of carboxylic acids is 1. The molecule has 0 atom stereocenters. The summed E-state index contributed by atoms with van der Waals surface area (Å²) in [6.07, 6.45) is -1.47. The molecule has 0 unspecified atom stereocenters. The Bertz CT molecular complexity index is 326. The molecule has 0 fully saturated rings. The fourth-order valence-electron chi connectivity index (χ4n) is 0.371. The van der Waals surface area contributed by atoms with Crippen LogP contribution >= 0.6 is 0 Å². The first-order valence-corrected chi connectivity index (χ1v) is 3.40. The maximum Gasteiger partial charge on any atom is 0.490 e. The average molecular weight is 222 g/mol. The monoisotopic (exact) mass is 222 g/mol. The van der Waals surface area contributed by atoms with Crippen LogP contribution in [0.1, 0.15) is 10.4 Å². The fraction of sp³-hybridized carbons (Fsp3) is 0.143. The van der Waals surface area contributed by atoms with Crippen molar-refractivity contribution in [3.05, 3.63) is 24.0 Å². The Balaban J connectivity index is 0.000000265. The molecule has 1 aromatic rings. The number of hydrogen-bond acceptors (Lipinski definition) is 4. The van der Waals surface area contributed by atoms with Crippen LogP contribution in [0.15, 0.2) is 18.5 Å². The summed E-state index contributed by atoms with van der Waals surface area (Å²) in [5.41, 5.74) is 0.556. The lowest BCUT2D eigenvalue weighted by Crippen LogP contribution is -2.21. The summed E-state index contributed by atoms with van der Waals surface area (Å²) in [7, 11) is 0. The Morgan fingerprint density at radius 1 is 1.40 bits per heavy atom. The molecular weight excluding hydrogens is 217 g/mol. The van der Waals surface area contributed by atoms with Gasteiger partial charge in [0.1, 0.15) is 0 Å². The van der Waals surface area contributed by atoms with Gasteiger partial charge < -0.3 is 5.11 Å². The van der Waals surface area contributed by atoms with Crippen LogP contribution < -0.4 is 0 Å². The van der Waals surface area contributed by atoms with Gasteiger partial charge in [0.25, 0.3) is 0 Å². The van der Waals surface area contributed by atoms with Gasteiger partial charge in [0.05, 0.1) is 12.4 Å². The van der Waals surface area contributed by atoms with E-state index >= 15 is 0 Å². The van der Waals surface area contributed by atoms with Crippen LogP contribution in [0.4, 0.5) is 13.2 Å². The zero-order valence-corrected chi connectivity index (χ0v) is 7.10. The van der Waals surface area contributed by atoms with Crippen molar-refractivity contribution in [2.45, 2.75) is 6.18 Å². The molecule has 82 valence electrons.